The molecule has 4 rings (SSSR count). The third-order valence-electron chi connectivity index (χ3n) is 5.90. The van der Waals surface area contributed by atoms with E-state index >= 15 is 0 Å². The van der Waals surface area contributed by atoms with E-state index in [1.54, 1.807) is 24.3 Å². The summed E-state index contributed by atoms with van der Waals surface area (Å²) in [4.78, 5) is 51.2. The Morgan fingerprint density at radius 2 is 1.72 bits per heavy atom. The Hall–Kier alpha value is -3.74. The minimum atomic E-state index is -0.666. The van der Waals surface area contributed by atoms with Gasteiger partial charge in [0.2, 0.25) is 11.8 Å². The zero-order valence-electron chi connectivity index (χ0n) is 17.9. The largest absolute Gasteiger partial charge is 0.452 e. The van der Waals surface area contributed by atoms with Gasteiger partial charge >= 0.3 is 5.97 Å². The monoisotopic (exact) mass is 432 g/mol. The molecule has 0 unspecified atom stereocenters. The summed E-state index contributed by atoms with van der Waals surface area (Å²) in [5.41, 5.74) is 2.34. The van der Waals surface area contributed by atoms with Gasteiger partial charge in [-0.25, -0.2) is 4.79 Å². The predicted molar refractivity (Wildman–Crippen MR) is 119 cm³/mol. The first-order valence-electron chi connectivity index (χ1n) is 10.5. The smallest absolute Gasteiger partial charge is 0.338 e. The number of allylic oxidation sites excluding steroid dienone is 2. The third-order valence-corrected chi connectivity index (χ3v) is 5.90. The number of hydrogen-bond acceptors (Lipinski definition) is 5. The van der Waals surface area contributed by atoms with Gasteiger partial charge in [0.25, 0.3) is 5.91 Å². The molecule has 2 aromatic rings. The van der Waals surface area contributed by atoms with Crippen molar-refractivity contribution in [1.82, 2.24) is 0 Å². The first kappa shape index (κ1) is 21.5. The highest BCUT2D eigenvalue weighted by atomic mass is 16.5. The minimum Gasteiger partial charge on any atom is -0.452 e. The summed E-state index contributed by atoms with van der Waals surface area (Å²) < 4.78 is 5.08. The van der Waals surface area contributed by atoms with Crippen molar-refractivity contribution < 1.29 is 23.9 Å². The fraction of sp³-hybridized carbons (Fsp3) is 0.280. The number of carbonyl (C=O) groups is 4. The third kappa shape index (κ3) is 4.19. The molecule has 1 fully saturated rings. The van der Waals surface area contributed by atoms with Gasteiger partial charge in [-0.3, -0.25) is 19.3 Å². The summed E-state index contributed by atoms with van der Waals surface area (Å²) in [6, 6.07) is 13.3. The molecule has 0 bridgehead atoms. The first-order chi connectivity index (χ1) is 15.3. The molecule has 32 heavy (non-hydrogen) atoms. The molecule has 1 aliphatic heterocycles. The highest BCUT2D eigenvalue weighted by Crippen LogP contribution is 2.40. The average molecular weight is 432 g/mol. The van der Waals surface area contributed by atoms with Gasteiger partial charge in [-0.05, 0) is 55.7 Å². The Morgan fingerprint density at radius 1 is 1.03 bits per heavy atom. The molecule has 2 aliphatic rings. The van der Waals surface area contributed by atoms with E-state index in [4.69, 9.17) is 4.74 Å². The predicted octanol–water partition coefficient (Wildman–Crippen LogP) is 3.49. The molecule has 164 valence electrons. The van der Waals surface area contributed by atoms with Gasteiger partial charge in [-0.15, -0.1) is 0 Å². The lowest BCUT2D eigenvalue weighted by Crippen LogP contribution is -2.31. The molecule has 3 amide bonds. The van der Waals surface area contributed by atoms with Crippen molar-refractivity contribution in [3.8, 4) is 0 Å². The molecule has 1 N–H and O–H groups in total. The van der Waals surface area contributed by atoms with E-state index in [1.807, 2.05) is 38.1 Å². The van der Waals surface area contributed by atoms with Crippen LogP contribution in [0.25, 0.3) is 0 Å². The average Bonchev–Trinajstić information content (AvgIpc) is 3.05. The van der Waals surface area contributed by atoms with Gasteiger partial charge in [-0.1, -0.05) is 36.8 Å². The van der Waals surface area contributed by atoms with E-state index in [2.05, 4.69) is 5.32 Å². The van der Waals surface area contributed by atoms with Crippen LogP contribution in [0.3, 0.4) is 0 Å². The fourth-order valence-electron chi connectivity index (χ4n) is 4.20. The summed E-state index contributed by atoms with van der Waals surface area (Å²) in [6.07, 6.45) is 4.49. The van der Waals surface area contributed by atoms with Crippen molar-refractivity contribution in [1.29, 1.82) is 0 Å². The minimum absolute atomic E-state index is 0.00973. The van der Waals surface area contributed by atoms with Crippen molar-refractivity contribution in [3.05, 3.63) is 71.8 Å². The SMILES string of the molecule is Cc1ccc(NC(=O)COC(=O)c2ccc(N3C(=O)[C@@H]4[C@@H](C)C=CC[C@H]4C3=O)cc2)cc1. The molecule has 1 heterocycles. The van der Waals surface area contributed by atoms with Gasteiger partial charge in [0.1, 0.15) is 0 Å². The summed E-state index contributed by atoms with van der Waals surface area (Å²) >= 11 is 0. The Kier molecular flexibility index (Phi) is 5.90. The van der Waals surface area contributed by atoms with Crippen LogP contribution < -0.4 is 10.2 Å². The molecule has 0 saturated carbocycles. The van der Waals surface area contributed by atoms with Crippen molar-refractivity contribution in [2.75, 3.05) is 16.8 Å². The van der Waals surface area contributed by atoms with E-state index in [0.29, 0.717) is 17.8 Å². The molecule has 3 atom stereocenters. The van der Waals surface area contributed by atoms with Crippen LogP contribution in [0.1, 0.15) is 29.3 Å². The Balaban J connectivity index is 1.36. The number of fused-ring (bicyclic) bond motifs is 1. The topological polar surface area (TPSA) is 92.8 Å². The molecule has 0 spiro atoms. The Morgan fingerprint density at radius 3 is 2.38 bits per heavy atom. The van der Waals surface area contributed by atoms with Crippen LogP contribution in [0.15, 0.2) is 60.7 Å². The van der Waals surface area contributed by atoms with Crippen LogP contribution >= 0.6 is 0 Å². The lowest BCUT2D eigenvalue weighted by Gasteiger charge is -2.22. The van der Waals surface area contributed by atoms with E-state index < -0.39 is 18.5 Å². The highest BCUT2D eigenvalue weighted by molar-refractivity contribution is 6.22. The number of esters is 1. The maximum absolute atomic E-state index is 12.9. The number of ether oxygens (including phenoxy) is 1. The van der Waals surface area contributed by atoms with Crippen LogP contribution in [0.5, 0.6) is 0 Å². The Labute approximate surface area is 186 Å². The van der Waals surface area contributed by atoms with Crippen molar-refractivity contribution in [3.63, 3.8) is 0 Å². The zero-order chi connectivity index (χ0) is 22.8. The van der Waals surface area contributed by atoms with E-state index in [-0.39, 0.29) is 35.1 Å². The molecule has 0 aromatic heterocycles. The van der Waals surface area contributed by atoms with Crippen molar-refractivity contribution >= 4 is 35.1 Å². The standard InChI is InChI=1S/C25H24N2O5/c1-15-6-10-18(11-7-15)26-21(28)14-32-25(31)17-8-12-19(13-9-17)27-23(29)20-5-3-4-16(2)22(20)24(27)30/h3-4,6-13,16,20,22H,5,14H2,1-2H3,(H,26,28)/t16-,20+,22+/m0/s1. The van der Waals surface area contributed by atoms with E-state index in [9.17, 15) is 19.2 Å². The summed E-state index contributed by atoms with van der Waals surface area (Å²) in [7, 11) is 0. The number of imide groups is 1. The summed E-state index contributed by atoms with van der Waals surface area (Å²) in [5, 5.41) is 2.66. The van der Waals surface area contributed by atoms with Gasteiger partial charge in [0, 0.05) is 5.69 Å². The zero-order valence-corrected chi connectivity index (χ0v) is 17.9. The van der Waals surface area contributed by atoms with Gasteiger partial charge in [0.15, 0.2) is 6.61 Å². The van der Waals surface area contributed by atoms with Crippen LogP contribution in [-0.4, -0.2) is 30.3 Å². The highest BCUT2D eigenvalue weighted by Gasteiger charge is 2.50. The van der Waals surface area contributed by atoms with Crippen LogP contribution in [0.4, 0.5) is 11.4 Å². The van der Waals surface area contributed by atoms with Gasteiger partial charge < -0.3 is 10.1 Å². The molecule has 7 heteroatoms. The second-order valence-corrected chi connectivity index (χ2v) is 8.20. The number of aryl methyl sites for hydroxylation is 1. The maximum atomic E-state index is 12.9. The van der Waals surface area contributed by atoms with Gasteiger partial charge in [0.05, 0.1) is 23.1 Å². The molecule has 7 nitrogen and oxygen atoms in total. The Bertz CT molecular complexity index is 1090. The quantitative estimate of drug-likeness (QED) is 0.444. The van der Waals surface area contributed by atoms with Crippen LogP contribution in [0, 0.1) is 24.7 Å². The van der Waals surface area contributed by atoms with Crippen molar-refractivity contribution in [2.24, 2.45) is 17.8 Å². The molecule has 0 radical (unpaired) electrons. The molecule has 2 aromatic carbocycles. The lowest BCUT2D eigenvalue weighted by atomic mass is 9.78. The number of benzene rings is 2. The summed E-state index contributed by atoms with van der Waals surface area (Å²) in [5.74, 6) is -2.20. The number of rotatable bonds is 5. The number of anilines is 2. The van der Waals surface area contributed by atoms with Gasteiger partial charge in [-0.2, -0.15) is 0 Å². The number of carbonyl (C=O) groups excluding carboxylic acids is 4. The van der Waals surface area contributed by atoms with Crippen molar-refractivity contribution in [2.45, 2.75) is 20.3 Å². The fourth-order valence-corrected chi connectivity index (χ4v) is 4.20. The molecule has 1 saturated heterocycles. The lowest BCUT2D eigenvalue weighted by molar-refractivity contribution is -0.123. The van der Waals surface area contributed by atoms with E-state index in [0.717, 1.165) is 5.56 Å². The number of nitrogens with zero attached hydrogens (tertiary/aromatic N) is 1. The molecular weight excluding hydrogens is 408 g/mol. The molecule has 1 aliphatic carbocycles. The number of hydrogen-bond donors (Lipinski definition) is 1. The number of amides is 3. The summed E-state index contributed by atoms with van der Waals surface area (Å²) in [6.45, 7) is 3.46. The van der Waals surface area contributed by atoms with Crippen LogP contribution in [0.2, 0.25) is 0 Å². The number of nitrogens with one attached hydrogen (secondary N) is 1. The first-order valence-corrected chi connectivity index (χ1v) is 10.5. The normalized spacial score (nSPS) is 21.9. The van der Waals surface area contributed by atoms with Crippen LogP contribution in [-0.2, 0) is 19.1 Å². The van der Waals surface area contributed by atoms with E-state index in [1.165, 1.54) is 17.0 Å². The second kappa shape index (κ2) is 8.78. The maximum Gasteiger partial charge on any atom is 0.338 e. The molecular formula is C25H24N2O5. The second-order valence-electron chi connectivity index (χ2n) is 8.20.